The second-order valence-electron chi connectivity index (χ2n) is 17.2. The highest BCUT2D eigenvalue weighted by atomic mass is 35.5. The Balaban J connectivity index is 0.712. The molecule has 306 valence electrons. The number of hydrogen-bond donors (Lipinski definition) is 1. The van der Waals surface area contributed by atoms with Gasteiger partial charge in [-0.25, -0.2) is 4.85 Å². The molecule has 3 aromatic rings. The van der Waals surface area contributed by atoms with Crippen LogP contribution in [-0.2, 0) is 9.59 Å². The molecule has 1 spiro atoms. The summed E-state index contributed by atoms with van der Waals surface area (Å²) < 4.78 is 0. The van der Waals surface area contributed by atoms with Gasteiger partial charge in [0.1, 0.15) is 6.04 Å². The highest BCUT2D eigenvalue weighted by Crippen LogP contribution is 2.44. The Bertz CT molecular complexity index is 2220. The van der Waals surface area contributed by atoms with Gasteiger partial charge in [-0.15, -0.1) is 0 Å². The first kappa shape index (κ1) is 39.0. The summed E-state index contributed by atoms with van der Waals surface area (Å²) in [5.74, 6) is -1.35. The number of carbonyl (C=O) groups is 5. The molecule has 1 N–H and O–H groups in total. The number of imide groups is 2. The van der Waals surface area contributed by atoms with Crippen molar-refractivity contribution in [1.82, 2.24) is 20.0 Å². The lowest BCUT2D eigenvalue weighted by Crippen LogP contribution is -2.54. The molecule has 14 heteroatoms. The van der Waals surface area contributed by atoms with Crippen molar-refractivity contribution in [3.63, 3.8) is 0 Å². The van der Waals surface area contributed by atoms with E-state index in [9.17, 15) is 24.0 Å². The number of piperidine rings is 3. The molecule has 0 aliphatic carbocycles. The minimum Gasteiger partial charge on any atom is -0.371 e. The van der Waals surface area contributed by atoms with Crippen LogP contribution in [0.3, 0.4) is 0 Å². The minimum absolute atomic E-state index is 0.0918. The van der Waals surface area contributed by atoms with Crippen molar-refractivity contribution in [2.24, 2.45) is 11.3 Å². The van der Waals surface area contributed by atoms with Crippen LogP contribution in [0.1, 0.15) is 76.0 Å². The molecule has 1 atom stereocenters. The first-order valence-corrected chi connectivity index (χ1v) is 21.3. The van der Waals surface area contributed by atoms with Gasteiger partial charge >= 0.3 is 0 Å². The van der Waals surface area contributed by atoms with Crippen LogP contribution in [0.25, 0.3) is 4.85 Å². The molecule has 6 aliphatic heterocycles. The predicted octanol–water partition coefficient (Wildman–Crippen LogP) is 5.46. The van der Waals surface area contributed by atoms with Crippen molar-refractivity contribution in [2.75, 3.05) is 86.7 Å². The van der Waals surface area contributed by atoms with Crippen molar-refractivity contribution < 1.29 is 24.0 Å². The van der Waals surface area contributed by atoms with Gasteiger partial charge in [-0.3, -0.25) is 39.1 Å². The third-order valence-corrected chi connectivity index (χ3v) is 14.0. The maximum absolute atomic E-state index is 13.6. The number of fused-ring (bicyclic) bond motifs is 1. The van der Waals surface area contributed by atoms with Gasteiger partial charge in [0.2, 0.25) is 17.5 Å². The monoisotopic (exact) mass is 816 g/mol. The number of anilines is 3. The highest BCUT2D eigenvalue weighted by molar-refractivity contribution is 6.33. The maximum Gasteiger partial charge on any atom is 0.262 e. The smallest absolute Gasteiger partial charge is 0.262 e. The third kappa shape index (κ3) is 7.64. The van der Waals surface area contributed by atoms with Crippen molar-refractivity contribution in [1.29, 1.82) is 0 Å². The zero-order chi connectivity index (χ0) is 40.8. The fourth-order valence-corrected chi connectivity index (χ4v) is 10.3. The quantitative estimate of drug-likeness (QED) is 0.245. The second kappa shape index (κ2) is 16.0. The van der Waals surface area contributed by atoms with E-state index in [1.54, 1.807) is 12.1 Å². The zero-order valence-electron chi connectivity index (χ0n) is 33.2. The molecule has 0 aromatic heterocycles. The average molecular weight is 817 g/mol. The molecule has 0 bridgehead atoms. The number of amides is 5. The van der Waals surface area contributed by atoms with Gasteiger partial charge in [0.05, 0.1) is 17.7 Å². The van der Waals surface area contributed by atoms with E-state index in [4.69, 9.17) is 18.2 Å². The normalized spacial score (nSPS) is 22.6. The largest absolute Gasteiger partial charge is 0.371 e. The standard InChI is InChI=1S/C45H49ClN8O5/c1-47-38-9-7-34(27-37(38)46)53-21-16-45(29-53)14-19-50(20-15-45)32-4-2-31(3-5-32)42(57)52-17-12-30(13-18-52)28-49-22-24-51(25-23-49)33-6-8-35-36(26-33)44(59)54(43(35)58)39-10-11-40(55)48-41(39)56/h2-9,26-27,30,39H,10-25,28-29H2,(H,48,55,56). The van der Waals surface area contributed by atoms with Crippen LogP contribution in [0.2, 0.25) is 5.02 Å². The average Bonchev–Trinajstić information content (AvgIpc) is 3.78. The summed E-state index contributed by atoms with van der Waals surface area (Å²) in [4.78, 5) is 80.2. The summed E-state index contributed by atoms with van der Waals surface area (Å²) >= 11 is 6.34. The summed E-state index contributed by atoms with van der Waals surface area (Å²) in [7, 11) is 0. The van der Waals surface area contributed by atoms with E-state index < -0.39 is 29.7 Å². The lowest BCUT2D eigenvalue weighted by atomic mass is 9.77. The van der Waals surface area contributed by atoms with E-state index >= 15 is 0 Å². The first-order chi connectivity index (χ1) is 28.6. The number of nitrogens with one attached hydrogen (secondary N) is 1. The molecule has 0 saturated carbocycles. The SMILES string of the molecule is [C-]#[N+]c1ccc(N2CCC3(CCN(c4ccc(C(=O)N5CCC(CN6CCN(c7ccc8c(c7)C(=O)N(C7CCC(=O)NC7=O)C8=O)CC6)CC5)cc4)CC3)C2)cc1Cl. The lowest BCUT2D eigenvalue weighted by molar-refractivity contribution is -0.136. The van der Waals surface area contributed by atoms with E-state index in [1.165, 1.54) is 5.69 Å². The van der Waals surface area contributed by atoms with Gasteiger partial charge in [0.15, 0.2) is 0 Å². The Hall–Kier alpha value is -5.45. The molecule has 59 heavy (non-hydrogen) atoms. The summed E-state index contributed by atoms with van der Waals surface area (Å²) in [5, 5.41) is 2.76. The van der Waals surface area contributed by atoms with Gasteiger partial charge < -0.3 is 19.6 Å². The second-order valence-corrected chi connectivity index (χ2v) is 17.6. The van der Waals surface area contributed by atoms with Crippen LogP contribution in [0, 0.1) is 17.9 Å². The Labute approximate surface area is 349 Å². The Morgan fingerprint density at radius 3 is 2.03 bits per heavy atom. The Morgan fingerprint density at radius 1 is 0.729 bits per heavy atom. The number of benzene rings is 3. The number of hydrogen-bond acceptors (Lipinski definition) is 9. The summed E-state index contributed by atoms with van der Waals surface area (Å²) in [6.07, 6.45) is 5.58. The number of halogens is 1. The molecule has 5 amide bonds. The minimum atomic E-state index is -0.974. The maximum atomic E-state index is 13.6. The molecule has 3 aromatic carbocycles. The van der Waals surface area contributed by atoms with Crippen LogP contribution in [0.15, 0.2) is 60.7 Å². The van der Waals surface area contributed by atoms with E-state index in [-0.39, 0.29) is 18.7 Å². The van der Waals surface area contributed by atoms with E-state index in [0.29, 0.717) is 33.2 Å². The molecule has 0 radical (unpaired) electrons. The third-order valence-electron chi connectivity index (χ3n) is 13.7. The van der Waals surface area contributed by atoms with E-state index in [2.05, 4.69) is 41.9 Å². The summed E-state index contributed by atoms with van der Waals surface area (Å²) in [6.45, 7) is 17.1. The highest BCUT2D eigenvalue weighted by Gasteiger charge is 2.45. The number of piperazine rings is 1. The number of likely N-dealkylation sites (tertiary alicyclic amines) is 1. The van der Waals surface area contributed by atoms with Crippen LogP contribution in [0.5, 0.6) is 0 Å². The van der Waals surface area contributed by atoms with Crippen molar-refractivity contribution in [2.45, 2.75) is 51.0 Å². The molecule has 6 aliphatic rings. The molecule has 9 rings (SSSR count). The van der Waals surface area contributed by atoms with E-state index in [1.807, 2.05) is 41.3 Å². The van der Waals surface area contributed by atoms with Crippen molar-refractivity contribution in [3.8, 4) is 0 Å². The van der Waals surface area contributed by atoms with E-state index in [0.717, 1.165) is 126 Å². The molecule has 5 fully saturated rings. The van der Waals surface area contributed by atoms with Crippen LogP contribution >= 0.6 is 11.6 Å². The van der Waals surface area contributed by atoms with Gasteiger partial charge in [-0.05, 0) is 104 Å². The van der Waals surface area contributed by atoms with Crippen LogP contribution in [-0.4, -0.2) is 122 Å². The van der Waals surface area contributed by atoms with Crippen LogP contribution in [0.4, 0.5) is 22.7 Å². The summed E-state index contributed by atoms with van der Waals surface area (Å²) in [5.41, 5.74) is 5.27. The Kier molecular flexibility index (Phi) is 10.6. The van der Waals surface area contributed by atoms with Gasteiger partial charge in [0.25, 0.3) is 17.7 Å². The number of rotatable bonds is 7. The van der Waals surface area contributed by atoms with Gasteiger partial charge in [0, 0.05) is 106 Å². The fraction of sp³-hybridized carbons (Fsp3) is 0.467. The topological polar surface area (TPSA) is 121 Å². The lowest BCUT2D eigenvalue weighted by Gasteiger charge is -2.40. The molecular weight excluding hydrogens is 768 g/mol. The van der Waals surface area contributed by atoms with Crippen LogP contribution < -0.4 is 20.0 Å². The predicted molar refractivity (Wildman–Crippen MR) is 225 cm³/mol. The van der Waals surface area contributed by atoms with Gasteiger partial charge in [-0.2, -0.15) is 0 Å². The molecule has 1 unspecified atom stereocenters. The first-order valence-electron chi connectivity index (χ1n) is 21.0. The molecule has 6 heterocycles. The fourth-order valence-electron chi connectivity index (χ4n) is 10.1. The zero-order valence-corrected chi connectivity index (χ0v) is 34.0. The Morgan fingerprint density at radius 2 is 1.36 bits per heavy atom. The van der Waals surface area contributed by atoms with Crippen molar-refractivity contribution in [3.05, 3.63) is 93.8 Å². The molecule has 5 saturated heterocycles. The van der Waals surface area contributed by atoms with Gasteiger partial charge in [-0.1, -0.05) is 17.7 Å². The number of nitrogens with zero attached hydrogens (tertiary/aromatic N) is 7. The number of carbonyl (C=O) groups excluding carboxylic acids is 5. The summed E-state index contributed by atoms with van der Waals surface area (Å²) in [6, 6.07) is 18.3. The molecule has 13 nitrogen and oxygen atoms in total. The van der Waals surface area contributed by atoms with Crippen molar-refractivity contribution >= 4 is 63.9 Å². The molecular formula is C45H49ClN8O5.